The quantitative estimate of drug-likeness (QED) is 0.714. The van der Waals surface area contributed by atoms with Crippen LogP contribution in [0.15, 0.2) is 35.1 Å². The van der Waals surface area contributed by atoms with Gasteiger partial charge in [-0.1, -0.05) is 23.5 Å². The molecule has 2 aromatic heterocycles. The summed E-state index contributed by atoms with van der Waals surface area (Å²) in [5.41, 5.74) is 1.65. The van der Waals surface area contributed by atoms with Crippen LogP contribution in [0.2, 0.25) is 0 Å². The van der Waals surface area contributed by atoms with Crippen molar-refractivity contribution in [3.8, 4) is 0 Å². The molecule has 0 aliphatic heterocycles. The number of hydrogen-bond donors (Lipinski definition) is 0. The van der Waals surface area contributed by atoms with E-state index in [9.17, 15) is 9.18 Å². The number of fused-ring (bicyclic) bond motifs is 1. The van der Waals surface area contributed by atoms with Crippen molar-refractivity contribution >= 4 is 16.3 Å². The molecule has 0 atom stereocenters. The normalized spacial score (nSPS) is 14.6. The van der Waals surface area contributed by atoms with Crippen molar-refractivity contribution in [3.05, 3.63) is 62.8 Å². The lowest BCUT2D eigenvalue weighted by Gasteiger charge is -2.20. The zero-order valence-electron chi connectivity index (χ0n) is 13.3. The summed E-state index contributed by atoms with van der Waals surface area (Å²) in [7, 11) is 0. The van der Waals surface area contributed by atoms with Crippen molar-refractivity contribution < 1.29 is 4.39 Å². The summed E-state index contributed by atoms with van der Waals surface area (Å²) >= 11 is 1.45. The lowest BCUT2D eigenvalue weighted by molar-refractivity contribution is 0.244. The summed E-state index contributed by atoms with van der Waals surface area (Å²) in [5, 5.41) is 5.29. The second-order valence-corrected chi connectivity index (χ2v) is 7.23. The van der Waals surface area contributed by atoms with Gasteiger partial charge < -0.3 is 0 Å². The van der Waals surface area contributed by atoms with Gasteiger partial charge in [0.2, 0.25) is 4.96 Å². The SMILES string of the molecule is Cc1cc(=O)n2nc(CN(Cc3ccc(F)cc3)C3CC3)sc2n1. The van der Waals surface area contributed by atoms with Gasteiger partial charge >= 0.3 is 0 Å². The van der Waals surface area contributed by atoms with E-state index in [-0.39, 0.29) is 11.4 Å². The third kappa shape index (κ3) is 3.22. The molecule has 0 spiro atoms. The summed E-state index contributed by atoms with van der Waals surface area (Å²) in [5.74, 6) is -0.219. The van der Waals surface area contributed by atoms with Gasteiger partial charge in [-0.2, -0.15) is 9.61 Å². The molecular weight excluding hydrogens is 327 g/mol. The number of hydrogen-bond acceptors (Lipinski definition) is 5. The largest absolute Gasteiger partial charge is 0.289 e. The Morgan fingerprint density at radius 1 is 1.29 bits per heavy atom. The van der Waals surface area contributed by atoms with Gasteiger partial charge in [0.05, 0.1) is 6.54 Å². The van der Waals surface area contributed by atoms with Crippen LogP contribution in [0.4, 0.5) is 4.39 Å². The zero-order chi connectivity index (χ0) is 16.7. The topological polar surface area (TPSA) is 50.5 Å². The average molecular weight is 344 g/mol. The Morgan fingerprint density at radius 3 is 2.75 bits per heavy atom. The summed E-state index contributed by atoms with van der Waals surface area (Å²) in [6.07, 6.45) is 2.34. The maximum atomic E-state index is 13.1. The number of aryl methyl sites for hydroxylation is 1. The van der Waals surface area contributed by atoms with E-state index in [1.807, 2.05) is 19.1 Å². The number of benzene rings is 1. The number of halogens is 1. The zero-order valence-corrected chi connectivity index (χ0v) is 14.1. The molecule has 0 saturated heterocycles. The summed E-state index contributed by atoms with van der Waals surface area (Å²) in [6, 6.07) is 8.65. The van der Waals surface area contributed by atoms with E-state index < -0.39 is 0 Å². The van der Waals surface area contributed by atoms with Crippen LogP contribution in [-0.4, -0.2) is 25.5 Å². The molecule has 7 heteroatoms. The first kappa shape index (κ1) is 15.4. The molecule has 1 aliphatic carbocycles. The summed E-state index contributed by atoms with van der Waals surface area (Å²) in [6.45, 7) is 3.24. The van der Waals surface area contributed by atoms with Gasteiger partial charge in [-0.3, -0.25) is 9.69 Å². The lowest BCUT2D eigenvalue weighted by Crippen LogP contribution is -2.25. The highest BCUT2D eigenvalue weighted by Crippen LogP contribution is 2.30. The Bertz CT molecular complexity index is 930. The standard InChI is InChI=1S/C17H17FN4OS/c1-11-8-16(23)22-17(19-11)24-15(20-22)10-21(14-6-7-14)9-12-2-4-13(18)5-3-12/h2-5,8,14H,6-7,9-10H2,1H3. The minimum absolute atomic E-state index is 0.142. The molecule has 1 aromatic carbocycles. The van der Waals surface area contributed by atoms with Gasteiger partial charge in [0, 0.05) is 24.3 Å². The van der Waals surface area contributed by atoms with Crippen LogP contribution in [0.1, 0.15) is 29.1 Å². The van der Waals surface area contributed by atoms with E-state index in [0.29, 0.717) is 23.2 Å². The first-order chi connectivity index (χ1) is 11.6. The smallest absolute Gasteiger partial charge is 0.275 e. The minimum atomic E-state index is -0.219. The van der Waals surface area contributed by atoms with Crippen molar-refractivity contribution in [1.82, 2.24) is 19.5 Å². The highest BCUT2D eigenvalue weighted by molar-refractivity contribution is 7.16. The van der Waals surface area contributed by atoms with Crippen molar-refractivity contribution in [2.24, 2.45) is 0 Å². The number of nitrogens with zero attached hydrogens (tertiary/aromatic N) is 4. The van der Waals surface area contributed by atoms with Crippen LogP contribution in [-0.2, 0) is 13.1 Å². The third-order valence-electron chi connectivity index (χ3n) is 4.12. The fourth-order valence-electron chi connectivity index (χ4n) is 2.78. The molecule has 0 radical (unpaired) electrons. The molecule has 0 bridgehead atoms. The molecule has 1 saturated carbocycles. The van der Waals surface area contributed by atoms with Crippen LogP contribution in [0, 0.1) is 12.7 Å². The van der Waals surface area contributed by atoms with E-state index in [2.05, 4.69) is 15.0 Å². The van der Waals surface area contributed by atoms with Gasteiger partial charge in [-0.25, -0.2) is 9.37 Å². The molecule has 0 amide bonds. The van der Waals surface area contributed by atoms with E-state index in [0.717, 1.165) is 17.1 Å². The van der Waals surface area contributed by atoms with E-state index in [1.54, 1.807) is 0 Å². The number of aromatic nitrogens is 3. The van der Waals surface area contributed by atoms with Crippen LogP contribution in [0.25, 0.3) is 4.96 Å². The van der Waals surface area contributed by atoms with Gasteiger partial charge in [0.25, 0.3) is 5.56 Å². The molecule has 0 N–H and O–H groups in total. The highest BCUT2D eigenvalue weighted by Gasteiger charge is 2.29. The van der Waals surface area contributed by atoms with E-state index in [1.165, 1.54) is 46.9 Å². The van der Waals surface area contributed by atoms with Crippen molar-refractivity contribution in [3.63, 3.8) is 0 Å². The molecule has 4 rings (SSSR count). The average Bonchev–Trinajstić information content (AvgIpc) is 3.30. The first-order valence-electron chi connectivity index (χ1n) is 7.93. The summed E-state index contributed by atoms with van der Waals surface area (Å²) in [4.78, 5) is 19.3. The Morgan fingerprint density at radius 2 is 2.04 bits per heavy atom. The van der Waals surface area contributed by atoms with Crippen LogP contribution >= 0.6 is 11.3 Å². The Balaban J connectivity index is 1.58. The minimum Gasteiger partial charge on any atom is -0.289 e. The Labute approximate surface area is 142 Å². The van der Waals surface area contributed by atoms with E-state index in [4.69, 9.17) is 0 Å². The Hall–Kier alpha value is -2.12. The molecule has 0 unspecified atom stereocenters. The third-order valence-corrected chi connectivity index (χ3v) is 5.01. The van der Waals surface area contributed by atoms with Crippen LogP contribution in [0.3, 0.4) is 0 Å². The molecular formula is C17H17FN4OS. The molecule has 2 heterocycles. The molecule has 3 aromatic rings. The second-order valence-electron chi connectivity index (χ2n) is 6.19. The van der Waals surface area contributed by atoms with Gasteiger partial charge in [0.15, 0.2) is 0 Å². The van der Waals surface area contributed by atoms with Crippen molar-refractivity contribution in [1.29, 1.82) is 0 Å². The molecule has 124 valence electrons. The van der Waals surface area contributed by atoms with Gasteiger partial charge in [-0.15, -0.1) is 0 Å². The fraction of sp³-hybridized carbons (Fsp3) is 0.353. The first-order valence-corrected chi connectivity index (χ1v) is 8.75. The molecule has 5 nitrogen and oxygen atoms in total. The summed E-state index contributed by atoms with van der Waals surface area (Å²) < 4.78 is 14.4. The van der Waals surface area contributed by atoms with E-state index >= 15 is 0 Å². The fourth-order valence-corrected chi connectivity index (χ4v) is 3.75. The maximum Gasteiger partial charge on any atom is 0.275 e. The van der Waals surface area contributed by atoms with Crippen molar-refractivity contribution in [2.75, 3.05) is 0 Å². The predicted molar refractivity (Wildman–Crippen MR) is 90.5 cm³/mol. The molecule has 1 fully saturated rings. The van der Waals surface area contributed by atoms with Crippen LogP contribution < -0.4 is 5.56 Å². The number of rotatable bonds is 5. The molecule has 24 heavy (non-hydrogen) atoms. The van der Waals surface area contributed by atoms with Gasteiger partial charge in [0.1, 0.15) is 10.8 Å². The second kappa shape index (κ2) is 6.07. The predicted octanol–water partition coefficient (Wildman–Crippen LogP) is 2.76. The molecule has 1 aliphatic rings. The lowest BCUT2D eigenvalue weighted by atomic mass is 10.2. The maximum absolute atomic E-state index is 13.1. The van der Waals surface area contributed by atoms with Crippen molar-refractivity contribution in [2.45, 2.75) is 38.9 Å². The Kier molecular flexibility index (Phi) is 3.90. The monoisotopic (exact) mass is 344 g/mol. The van der Waals surface area contributed by atoms with Crippen LogP contribution in [0.5, 0.6) is 0 Å². The highest BCUT2D eigenvalue weighted by atomic mass is 32.1. The van der Waals surface area contributed by atoms with Gasteiger partial charge in [-0.05, 0) is 37.5 Å².